The summed E-state index contributed by atoms with van der Waals surface area (Å²) in [7, 11) is 0. The van der Waals surface area contributed by atoms with E-state index in [1.807, 2.05) is 43.3 Å². The Labute approximate surface area is 149 Å². The van der Waals surface area contributed by atoms with Crippen LogP contribution in [0.25, 0.3) is 16.5 Å². The highest BCUT2D eigenvalue weighted by Gasteiger charge is 2.17. The van der Waals surface area contributed by atoms with Gasteiger partial charge in [-0.3, -0.25) is 5.32 Å². The molecule has 1 unspecified atom stereocenters. The largest absolute Gasteiger partial charge is 0.461 e. The van der Waals surface area contributed by atoms with Crippen molar-refractivity contribution in [2.75, 3.05) is 5.32 Å². The van der Waals surface area contributed by atoms with E-state index in [1.165, 1.54) is 0 Å². The molecule has 1 atom stereocenters. The first-order chi connectivity index (χ1) is 12.6. The second-order valence-corrected chi connectivity index (χ2v) is 6.02. The predicted molar refractivity (Wildman–Crippen MR) is 96.7 cm³/mol. The van der Waals surface area contributed by atoms with Gasteiger partial charge in [0, 0.05) is 22.7 Å². The van der Waals surface area contributed by atoms with Crippen LogP contribution in [-0.4, -0.2) is 17.5 Å². The fourth-order valence-electron chi connectivity index (χ4n) is 2.89. The number of amides is 1. The zero-order valence-corrected chi connectivity index (χ0v) is 14.1. The Morgan fingerprint density at radius 2 is 2.08 bits per heavy atom. The normalized spacial score (nSPS) is 15.8. The molecule has 0 radical (unpaired) electrons. The van der Waals surface area contributed by atoms with Crippen LogP contribution in [0.2, 0.25) is 0 Å². The summed E-state index contributed by atoms with van der Waals surface area (Å²) in [6, 6.07) is 14.7. The Balaban J connectivity index is 1.40. The predicted octanol–water partition coefficient (Wildman–Crippen LogP) is 4.30. The first-order valence-electron chi connectivity index (χ1n) is 8.17. The van der Waals surface area contributed by atoms with Gasteiger partial charge in [0.1, 0.15) is 17.1 Å². The van der Waals surface area contributed by atoms with E-state index in [-0.39, 0.29) is 6.61 Å². The van der Waals surface area contributed by atoms with Crippen molar-refractivity contribution < 1.29 is 23.8 Å². The molecule has 0 saturated heterocycles. The number of rotatable bonds is 3. The molecule has 1 aliphatic rings. The van der Waals surface area contributed by atoms with Crippen LogP contribution < -0.4 is 10.1 Å². The van der Waals surface area contributed by atoms with Gasteiger partial charge in [-0.1, -0.05) is 18.2 Å². The summed E-state index contributed by atoms with van der Waals surface area (Å²) in [4.78, 5) is 12.0. The van der Waals surface area contributed by atoms with Crippen LogP contribution in [0.3, 0.4) is 0 Å². The van der Waals surface area contributed by atoms with E-state index < -0.39 is 12.4 Å². The van der Waals surface area contributed by atoms with Crippen LogP contribution in [0.15, 0.2) is 59.0 Å². The van der Waals surface area contributed by atoms with Crippen molar-refractivity contribution in [1.29, 1.82) is 0 Å². The van der Waals surface area contributed by atoms with E-state index in [4.69, 9.17) is 13.9 Å². The lowest BCUT2D eigenvalue weighted by Gasteiger charge is -2.21. The molecular weight excluding hydrogens is 334 g/mol. The minimum Gasteiger partial charge on any atom is -0.461 e. The van der Waals surface area contributed by atoms with Crippen LogP contribution >= 0.6 is 0 Å². The Bertz CT molecular complexity index is 971. The molecule has 2 N–H and O–H groups in total. The minimum atomic E-state index is -0.988. The number of hydrogen-bond donors (Lipinski definition) is 2. The third kappa shape index (κ3) is 3.27. The Hall–Kier alpha value is -3.25. The highest BCUT2D eigenvalue weighted by molar-refractivity contribution is 5.86. The van der Waals surface area contributed by atoms with E-state index in [9.17, 15) is 9.90 Å². The number of furan rings is 1. The number of hydrogen-bond acceptors (Lipinski definition) is 5. The smallest absolute Gasteiger partial charge is 0.412 e. The average Bonchev–Trinajstić information content (AvgIpc) is 3.02. The van der Waals surface area contributed by atoms with Crippen LogP contribution in [-0.2, 0) is 11.3 Å². The SMILES string of the molecule is CC1=CC(O)Oc2cc(NC(=O)OCc3cc4ccccc4o3)ccc21. The van der Waals surface area contributed by atoms with E-state index in [0.29, 0.717) is 17.2 Å². The molecule has 0 spiro atoms. The number of carbonyl (C=O) groups is 1. The van der Waals surface area contributed by atoms with Crippen LogP contribution in [0.1, 0.15) is 18.2 Å². The van der Waals surface area contributed by atoms with Gasteiger partial charge in [-0.15, -0.1) is 0 Å². The van der Waals surface area contributed by atoms with Gasteiger partial charge in [0.2, 0.25) is 6.29 Å². The summed E-state index contributed by atoms with van der Waals surface area (Å²) in [6.07, 6.45) is 0.0311. The van der Waals surface area contributed by atoms with Crippen LogP contribution in [0, 0.1) is 0 Å². The van der Waals surface area contributed by atoms with E-state index in [0.717, 1.165) is 22.1 Å². The number of nitrogens with one attached hydrogen (secondary N) is 1. The lowest BCUT2D eigenvalue weighted by atomic mass is 10.0. The molecule has 2 heterocycles. The fraction of sp³-hybridized carbons (Fsp3) is 0.150. The maximum atomic E-state index is 12.0. The number of aliphatic hydroxyl groups excluding tert-OH is 1. The van der Waals surface area contributed by atoms with E-state index in [1.54, 1.807) is 18.2 Å². The molecule has 1 aromatic heterocycles. The second kappa shape index (κ2) is 6.57. The van der Waals surface area contributed by atoms with Crippen LogP contribution in [0.4, 0.5) is 10.5 Å². The van der Waals surface area contributed by atoms with Crippen molar-refractivity contribution in [3.63, 3.8) is 0 Å². The molecule has 0 aliphatic carbocycles. The summed E-state index contributed by atoms with van der Waals surface area (Å²) in [5.74, 6) is 1.08. The lowest BCUT2D eigenvalue weighted by molar-refractivity contribution is 0.0225. The van der Waals surface area contributed by atoms with Gasteiger partial charge in [-0.25, -0.2) is 4.79 Å². The third-order valence-corrected chi connectivity index (χ3v) is 4.12. The molecule has 2 aromatic carbocycles. The average molecular weight is 351 g/mol. The molecule has 6 heteroatoms. The quantitative estimate of drug-likeness (QED) is 0.735. The number of benzene rings is 2. The molecule has 0 fully saturated rings. The van der Waals surface area contributed by atoms with Crippen molar-refractivity contribution in [2.24, 2.45) is 0 Å². The zero-order chi connectivity index (χ0) is 18.1. The maximum Gasteiger partial charge on any atom is 0.412 e. The van der Waals surface area contributed by atoms with Crippen LogP contribution in [0.5, 0.6) is 5.75 Å². The second-order valence-electron chi connectivity index (χ2n) is 6.02. The number of aliphatic hydroxyl groups is 1. The van der Waals surface area contributed by atoms with Gasteiger partial charge < -0.3 is 19.0 Å². The summed E-state index contributed by atoms with van der Waals surface area (Å²) < 4.78 is 16.2. The molecule has 0 saturated carbocycles. The Morgan fingerprint density at radius 3 is 2.92 bits per heavy atom. The van der Waals surface area contributed by atoms with Gasteiger partial charge in [0.25, 0.3) is 0 Å². The van der Waals surface area contributed by atoms with E-state index >= 15 is 0 Å². The number of para-hydroxylation sites is 1. The first-order valence-corrected chi connectivity index (χ1v) is 8.17. The van der Waals surface area contributed by atoms with Gasteiger partial charge in [-0.05, 0) is 42.8 Å². The summed E-state index contributed by atoms with van der Waals surface area (Å²) in [5.41, 5.74) is 3.05. The number of anilines is 1. The lowest BCUT2D eigenvalue weighted by Crippen LogP contribution is -2.18. The van der Waals surface area contributed by atoms with E-state index in [2.05, 4.69) is 5.32 Å². The molecule has 132 valence electrons. The minimum absolute atomic E-state index is 0.0303. The standard InChI is InChI=1S/C20H17NO5/c1-12-8-19(22)26-18-10-14(6-7-16(12)18)21-20(23)24-11-15-9-13-4-2-3-5-17(13)25-15/h2-10,19,22H,11H2,1H3,(H,21,23). The molecule has 6 nitrogen and oxygen atoms in total. The monoisotopic (exact) mass is 351 g/mol. The topological polar surface area (TPSA) is 80.9 Å². The first kappa shape index (κ1) is 16.2. The maximum absolute atomic E-state index is 12.0. The Kier molecular flexibility index (Phi) is 4.10. The van der Waals surface area contributed by atoms with Gasteiger partial charge in [-0.2, -0.15) is 0 Å². The summed E-state index contributed by atoms with van der Waals surface area (Å²) in [5, 5.41) is 13.2. The molecule has 1 aliphatic heterocycles. The highest BCUT2D eigenvalue weighted by atomic mass is 16.6. The Morgan fingerprint density at radius 1 is 1.23 bits per heavy atom. The number of carbonyl (C=O) groups excluding carboxylic acids is 1. The molecular formula is C20H17NO5. The number of allylic oxidation sites excluding steroid dienone is 1. The molecule has 0 bridgehead atoms. The number of ether oxygens (including phenoxy) is 2. The molecule has 1 amide bonds. The fourth-order valence-corrected chi connectivity index (χ4v) is 2.89. The van der Waals surface area contributed by atoms with Crippen molar-refractivity contribution in [2.45, 2.75) is 19.8 Å². The van der Waals surface area contributed by atoms with Crippen molar-refractivity contribution >= 4 is 28.3 Å². The molecule has 26 heavy (non-hydrogen) atoms. The number of fused-ring (bicyclic) bond motifs is 2. The summed E-state index contributed by atoms with van der Waals surface area (Å²) >= 11 is 0. The summed E-state index contributed by atoms with van der Waals surface area (Å²) in [6.45, 7) is 1.92. The van der Waals surface area contributed by atoms with Gasteiger partial charge in [0.05, 0.1) is 0 Å². The highest BCUT2D eigenvalue weighted by Crippen LogP contribution is 2.33. The van der Waals surface area contributed by atoms with Gasteiger partial charge >= 0.3 is 6.09 Å². The van der Waals surface area contributed by atoms with Crippen molar-refractivity contribution in [3.8, 4) is 5.75 Å². The van der Waals surface area contributed by atoms with Crippen molar-refractivity contribution in [1.82, 2.24) is 0 Å². The third-order valence-electron chi connectivity index (χ3n) is 4.12. The molecule has 4 rings (SSSR count). The van der Waals surface area contributed by atoms with Crippen molar-refractivity contribution in [3.05, 3.63) is 65.9 Å². The molecule has 3 aromatic rings. The van der Waals surface area contributed by atoms with Gasteiger partial charge in [0.15, 0.2) is 6.61 Å². The zero-order valence-electron chi connectivity index (χ0n) is 14.1.